The van der Waals surface area contributed by atoms with Gasteiger partial charge in [0.05, 0.1) is 13.3 Å². The van der Waals surface area contributed by atoms with Crippen LogP contribution in [0.3, 0.4) is 0 Å². The fourth-order valence-corrected chi connectivity index (χ4v) is 2.94. The zero-order valence-electron chi connectivity index (χ0n) is 15.3. The number of anilines is 3. The summed E-state index contributed by atoms with van der Waals surface area (Å²) in [6, 6.07) is 8.99. The molecule has 0 radical (unpaired) electrons. The van der Waals surface area contributed by atoms with E-state index in [-0.39, 0.29) is 34.5 Å². The van der Waals surface area contributed by atoms with Crippen molar-refractivity contribution < 1.29 is 18.9 Å². The second kappa shape index (κ2) is 8.29. The van der Waals surface area contributed by atoms with Crippen molar-refractivity contribution >= 4 is 50.8 Å². The number of nitrogens with one attached hydrogen (secondary N) is 2. The van der Waals surface area contributed by atoms with E-state index in [1.165, 1.54) is 25.5 Å². The van der Waals surface area contributed by atoms with Gasteiger partial charge < -0.3 is 15.2 Å². The predicted octanol–water partition coefficient (Wildman–Crippen LogP) is 3.82. The van der Waals surface area contributed by atoms with Crippen LogP contribution in [0.1, 0.15) is 5.56 Å². The molecule has 0 unspecified atom stereocenters. The molecule has 10 nitrogen and oxygen atoms in total. The highest BCUT2D eigenvalue weighted by Crippen LogP contribution is 2.32. The number of hydrazone groups is 1. The molecule has 12 heteroatoms. The number of hydrogen-bond acceptors (Lipinski definition) is 10. The van der Waals surface area contributed by atoms with Crippen molar-refractivity contribution in [3.05, 3.63) is 52.3 Å². The lowest BCUT2D eigenvalue weighted by atomic mass is 10.2. The number of methoxy groups -OCH3 is 1. The molecule has 0 fully saturated rings. The summed E-state index contributed by atoms with van der Waals surface area (Å²) in [6.07, 6.45) is 1.39. The Kier molecular flexibility index (Phi) is 5.39. The molecule has 0 aliphatic heterocycles. The summed E-state index contributed by atoms with van der Waals surface area (Å²) < 4.78 is 23.6. The number of phenolic OH excluding ortho intramolecular Hbond substituents is 1. The van der Waals surface area contributed by atoms with Gasteiger partial charge in [0, 0.05) is 15.7 Å². The van der Waals surface area contributed by atoms with Crippen molar-refractivity contribution in [1.29, 1.82) is 0 Å². The molecule has 0 bridgehead atoms. The minimum Gasteiger partial charge on any atom is -0.504 e. The molecule has 0 aliphatic rings. The van der Waals surface area contributed by atoms with Gasteiger partial charge >= 0.3 is 0 Å². The molecule has 0 amide bonds. The maximum atomic E-state index is 13.2. The lowest BCUT2D eigenvalue weighted by Gasteiger charge is -2.09. The maximum Gasteiger partial charge on any atom is 0.245 e. The Morgan fingerprint density at radius 2 is 1.83 bits per heavy atom. The SMILES string of the molecule is COc1cc(Br)cc(C=NNc2nc3nonc3nc2Nc2ccc(F)cc2)c1O. The van der Waals surface area contributed by atoms with Gasteiger partial charge in [0.25, 0.3) is 0 Å². The molecule has 4 aromatic rings. The molecular weight excluding hydrogens is 461 g/mol. The van der Waals surface area contributed by atoms with Gasteiger partial charge in [-0.2, -0.15) is 10.1 Å². The van der Waals surface area contributed by atoms with E-state index in [9.17, 15) is 9.50 Å². The minimum absolute atomic E-state index is 0.0712. The zero-order valence-corrected chi connectivity index (χ0v) is 16.9. The normalized spacial score (nSPS) is 11.2. The number of phenols is 1. The number of benzene rings is 2. The molecule has 2 aromatic heterocycles. The van der Waals surface area contributed by atoms with Crippen molar-refractivity contribution in [3.63, 3.8) is 0 Å². The molecule has 2 aromatic carbocycles. The summed E-state index contributed by atoms with van der Waals surface area (Å²) in [5, 5.41) is 24.7. The number of fused-ring (bicyclic) bond motifs is 1. The first kappa shape index (κ1) is 19.5. The van der Waals surface area contributed by atoms with Crippen molar-refractivity contribution in [2.75, 3.05) is 17.9 Å². The van der Waals surface area contributed by atoms with Gasteiger partial charge in [0.2, 0.25) is 11.3 Å². The number of nitrogens with zero attached hydrogens (tertiary/aromatic N) is 5. The molecule has 152 valence electrons. The van der Waals surface area contributed by atoms with E-state index in [2.05, 4.69) is 56.7 Å². The van der Waals surface area contributed by atoms with Gasteiger partial charge in [-0.3, -0.25) is 5.43 Å². The Bertz CT molecular complexity index is 1230. The lowest BCUT2D eigenvalue weighted by molar-refractivity contribution is 0.314. The molecule has 30 heavy (non-hydrogen) atoms. The van der Waals surface area contributed by atoms with Crippen LogP contribution in [0.15, 0.2) is 50.6 Å². The maximum absolute atomic E-state index is 13.2. The fraction of sp³-hybridized carbons (Fsp3) is 0.0556. The van der Waals surface area contributed by atoms with Crippen LogP contribution in [0.4, 0.5) is 21.7 Å². The Hall–Kier alpha value is -3.80. The van der Waals surface area contributed by atoms with Crippen LogP contribution in [0.25, 0.3) is 11.3 Å². The zero-order chi connectivity index (χ0) is 21.1. The molecule has 3 N–H and O–H groups in total. The number of hydrogen-bond donors (Lipinski definition) is 3. The number of aromatic hydroxyl groups is 1. The molecule has 0 saturated carbocycles. The summed E-state index contributed by atoms with van der Waals surface area (Å²) in [6.45, 7) is 0. The van der Waals surface area contributed by atoms with E-state index >= 15 is 0 Å². The largest absolute Gasteiger partial charge is 0.504 e. The predicted molar refractivity (Wildman–Crippen MR) is 111 cm³/mol. The lowest BCUT2D eigenvalue weighted by Crippen LogP contribution is -2.03. The van der Waals surface area contributed by atoms with Gasteiger partial charge in [-0.15, -0.1) is 0 Å². The van der Waals surface area contributed by atoms with E-state index in [1.54, 1.807) is 24.3 Å². The Balaban J connectivity index is 1.64. The van der Waals surface area contributed by atoms with Gasteiger partial charge in [0.15, 0.2) is 23.1 Å². The number of aromatic nitrogens is 4. The number of halogens is 2. The minimum atomic E-state index is -0.366. The summed E-state index contributed by atoms with van der Waals surface area (Å²) >= 11 is 3.34. The fourth-order valence-electron chi connectivity index (χ4n) is 2.48. The average molecular weight is 474 g/mol. The van der Waals surface area contributed by atoms with Crippen LogP contribution in [0.2, 0.25) is 0 Å². The van der Waals surface area contributed by atoms with Crippen molar-refractivity contribution in [2.24, 2.45) is 5.10 Å². The van der Waals surface area contributed by atoms with Crippen LogP contribution >= 0.6 is 15.9 Å². The van der Waals surface area contributed by atoms with E-state index in [1.807, 2.05) is 0 Å². The third-order valence-corrected chi connectivity index (χ3v) is 4.34. The Labute approximate surface area is 176 Å². The molecule has 0 aliphatic carbocycles. The topological polar surface area (TPSA) is 131 Å². The van der Waals surface area contributed by atoms with Crippen LogP contribution in [0.5, 0.6) is 11.5 Å². The smallest absolute Gasteiger partial charge is 0.245 e. The van der Waals surface area contributed by atoms with Gasteiger partial charge in [0.1, 0.15) is 5.82 Å². The molecular formula is C18H13BrFN7O3. The first-order valence-electron chi connectivity index (χ1n) is 8.42. The van der Waals surface area contributed by atoms with Crippen LogP contribution in [-0.4, -0.2) is 38.7 Å². The highest BCUT2D eigenvalue weighted by atomic mass is 79.9. The molecule has 0 atom stereocenters. The van der Waals surface area contributed by atoms with Crippen molar-refractivity contribution in [2.45, 2.75) is 0 Å². The van der Waals surface area contributed by atoms with Gasteiger partial charge in [-0.05, 0) is 46.7 Å². The average Bonchev–Trinajstić information content (AvgIpc) is 3.19. The summed E-state index contributed by atoms with van der Waals surface area (Å²) in [4.78, 5) is 8.56. The standard InChI is InChI=1S/C18H13BrFN7O3/c1-29-13-7-10(19)6-9(14(13)28)8-21-25-16-15(22-12-4-2-11(20)3-5-12)23-17-18(24-16)27-30-26-17/h2-8,28H,1H3,(H,22,23,26)(H,24,25,27). The molecule has 0 saturated heterocycles. The quantitative estimate of drug-likeness (QED) is 0.282. The Morgan fingerprint density at radius 3 is 2.53 bits per heavy atom. The summed E-state index contributed by atoms with van der Waals surface area (Å²) in [5.74, 6) is 0.325. The monoisotopic (exact) mass is 473 g/mol. The Morgan fingerprint density at radius 1 is 1.13 bits per heavy atom. The second-order valence-electron chi connectivity index (χ2n) is 5.88. The highest BCUT2D eigenvalue weighted by molar-refractivity contribution is 9.10. The van der Waals surface area contributed by atoms with Crippen molar-refractivity contribution in [1.82, 2.24) is 20.3 Å². The van der Waals surface area contributed by atoms with Gasteiger partial charge in [-0.1, -0.05) is 15.9 Å². The molecule has 2 heterocycles. The van der Waals surface area contributed by atoms with E-state index < -0.39 is 0 Å². The second-order valence-corrected chi connectivity index (χ2v) is 6.80. The number of rotatable bonds is 6. The third-order valence-electron chi connectivity index (χ3n) is 3.88. The highest BCUT2D eigenvalue weighted by Gasteiger charge is 2.13. The van der Waals surface area contributed by atoms with E-state index in [0.29, 0.717) is 21.5 Å². The summed E-state index contributed by atoms with van der Waals surface area (Å²) in [7, 11) is 1.45. The summed E-state index contributed by atoms with van der Waals surface area (Å²) in [5.41, 5.74) is 4.07. The van der Waals surface area contributed by atoms with Crippen LogP contribution < -0.4 is 15.5 Å². The van der Waals surface area contributed by atoms with Gasteiger partial charge in [-0.25, -0.2) is 14.0 Å². The first-order valence-corrected chi connectivity index (χ1v) is 9.21. The molecule has 4 rings (SSSR count). The van der Waals surface area contributed by atoms with E-state index in [0.717, 1.165) is 0 Å². The van der Waals surface area contributed by atoms with Crippen molar-refractivity contribution in [3.8, 4) is 11.5 Å². The molecule has 0 spiro atoms. The first-order chi connectivity index (χ1) is 14.5. The van der Waals surface area contributed by atoms with Crippen LogP contribution in [-0.2, 0) is 0 Å². The van der Waals surface area contributed by atoms with E-state index in [4.69, 9.17) is 4.74 Å². The number of ether oxygens (including phenoxy) is 1. The third kappa shape index (κ3) is 4.12. The van der Waals surface area contributed by atoms with Crippen LogP contribution in [0, 0.1) is 5.82 Å².